The van der Waals surface area contributed by atoms with Crippen LogP contribution in [0.25, 0.3) is 0 Å². The molecule has 546 valence electrons. The smallest absolute Gasteiger partial charge is 1.00 e. The molecule has 29 heteroatoms. The first kappa shape index (κ1) is 151. The van der Waals surface area contributed by atoms with E-state index >= 15 is 0 Å². The molecular formula is C64H112Cl5O14Os2P8-3. The van der Waals surface area contributed by atoms with Gasteiger partial charge in [-0.2, -0.15) is 0 Å². The number of benzene rings is 6. The van der Waals surface area contributed by atoms with Crippen molar-refractivity contribution in [2.24, 2.45) is 0 Å². The van der Waals surface area contributed by atoms with Crippen LogP contribution < -0.4 is 93.9 Å². The maximum atomic E-state index is 12.4. The number of ketones is 2. The number of hydrogen-bond acceptors (Lipinski definition) is 2. The molecule has 0 radical (unpaired) electrons. The minimum atomic E-state index is -2.36. The molecule has 0 bridgehead atoms. The van der Waals surface area contributed by atoms with Crippen LogP contribution in [-0.4, -0.2) is 186 Å². The molecule has 6 rings (SSSR count). The van der Waals surface area contributed by atoms with E-state index in [0.717, 1.165) is 31.8 Å². The summed E-state index contributed by atoms with van der Waals surface area (Å²) in [5.41, 5.74) is 0. The standard InChI is InChI=1S/2C22H19OP.6C3H9P.2CO.5ClH.10H2O.2Os/c2*1-18(23)19(2)24(20-12-6-3-7-13-20,21-14-8-4-9-15-21)22-16-10-5-11-17-22;6*1-4(2)3;2*1-2;;;;;;;;;;;;;;;;;/h2*2-17H,1H3;6*1-3H3;;;5*1H;10*1H2;;/q;;;;;;;;;;;;;;;;;;;;;;;;;;+2/p-5. The van der Waals surface area contributed by atoms with Gasteiger partial charge in [0, 0.05) is 31.4 Å². The van der Waals surface area contributed by atoms with E-state index in [1.165, 1.54) is 0 Å². The summed E-state index contributed by atoms with van der Waals surface area (Å²) in [5.74, 6) is -0.139. The van der Waals surface area contributed by atoms with Gasteiger partial charge >= 0.3 is 42.4 Å². The van der Waals surface area contributed by atoms with Gasteiger partial charge in [0.15, 0.2) is 0 Å². The van der Waals surface area contributed by atoms with Gasteiger partial charge in [0.05, 0.1) is 0 Å². The normalized spacial score (nSPS) is 8.06. The molecule has 0 aliphatic rings. The topological polar surface area (TPSA) is 389 Å². The van der Waals surface area contributed by atoms with Gasteiger partial charge in [-0.3, -0.25) is 0 Å². The fourth-order valence-electron chi connectivity index (χ4n) is 6.11. The van der Waals surface area contributed by atoms with Gasteiger partial charge < -0.3 is 126 Å². The maximum Gasteiger partial charge on any atom is 2.00 e. The maximum absolute atomic E-state index is 12.4. The second-order valence-corrected chi connectivity index (χ2v) is 42.1. The van der Waals surface area contributed by atoms with Gasteiger partial charge in [0.1, 0.15) is 46.4 Å². The predicted molar refractivity (Wildman–Crippen MR) is 399 cm³/mol. The quantitative estimate of drug-likeness (QED) is 0.0559. The summed E-state index contributed by atoms with van der Waals surface area (Å²) in [7, 11) is -2.43. The van der Waals surface area contributed by atoms with Gasteiger partial charge in [-0.15, -0.1) is 47.5 Å². The molecule has 93 heavy (non-hydrogen) atoms. The molecule has 0 fully saturated rings. The van der Waals surface area contributed by atoms with Crippen molar-refractivity contribution in [3.8, 4) is 0 Å². The molecule has 0 saturated carbocycles. The van der Waals surface area contributed by atoms with E-state index in [2.05, 4.69) is 206 Å². The van der Waals surface area contributed by atoms with Crippen molar-refractivity contribution in [2.75, 3.05) is 120 Å². The summed E-state index contributed by atoms with van der Waals surface area (Å²) < 4.78 is 15.0. The van der Waals surface area contributed by atoms with Crippen molar-refractivity contribution in [2.45, 2.75) is 13.8 Å². The molecule has 6 aromatic carbocycles. The van der Waals surface area contributed by atoms with E-state index in [1.807, 2.05) is 109 Å². The van der Waals surface area contributed by atoms with Crippen LogP contribution in [0.2, 0.25) is 0 Å². The number of hydrogen-bond donors (Lipinski definition) is 0. The predicted octanol–water partition coefficient (Wildman–Crippen LogP) is -7.39. The molecule has 0 aliphatic heterocycles. The Morgan fingerprint density at radius 3 is 0.419 bits per heavy atom. The largest absolute Gasteiger partial charge is 2.00 e. The molecule has 6 aromatic rings. The molecule has 20 N–H and O–H groups in total. The van der Waals surface area contributed by atoms with Crippen LogP contribution in [0, 0.1) is 26.5 Å². The van der Waals surface area contributed by atoms with Gasteiger partial charge in [0.25, 0.3) is 0 Å². The van der Waals surface area contributed by atoms with E-state index in [9.17, 15) is 9.59 Å². The Bertz CT molecular complexity index is 2070. The van der Waals surface area contributed by atoms with Crippen LogP contribution in [0.15, 0.2) is 193 Å². The fourth-order valence-corrected chi connectivity index (χ4v) is 14.2. The zero-order valence-corrected chi connectivity index (χ0v) is 73.3. The molecule has 14 nitrogen and oxygen atoms in total. The fraction of sp³-hybridized carbons (Fsp3) is 0.312. The molecule has 0 heterocycles. The van der Waals surface area contributed by atoms with Crippen LogP contribution in [-0.2, 0) is 58.5 Å². The van der Waals surface area contributed by atoms with E-state index in [0.29, 0.717) is 58.2 Å². The van der Waals surface area contributed by atoms with E-state index in [1.54, 1.807) is 13.8 Å². The first-order valence-corrected chi connectivity index (χ1v) is 43.9. The monoisotopic (exact) mass is 1910 g/mol. The molecule has 0 aromatic heterocycles. The Labute approximate surface area is 628 Å². The Morgan fingerprint density at radius 2 is 0.355 bits per heavy atom. The van der Waals surface area contributed by atoms with Crippen LogP contribution >= 0.6 is 62.1 Å². The summed E-state index contributed by atoms with van der Waals surface area (Å²) in [4.78, 5) is 24.8. The first-order chi connectivity index (χ1) is 35.7. The van der Waals surface area contributed by atoms with Gasteiger partial charge in [0.2, 0.25) is 0 Å². The molecule has 0 saturated heterocycles. The zero-order valence-electron chi connectivity index (χ0n) is 57.3. The number of Topliss-reactive ketones (excluding diaryl/α,β-unsaturated/α-hetero) is 2. The third-order valence-electron chi connectivity index (χ3n) is 8.31. The van der Waals surface area contributed by atoms with Crippen molar-refractivity contribution in [1.29, 1.82) is 0 Å². The Hall–Kier alpha value is -0.617. The number of allylic oxidation sites excluding steroid dienone is 2. The van der Waals surface area contributed by atoms with E-state index < -0.39 is 14.5 Å². The number of carbonyl (C=O) groups excluding carboxylic acids is 2. The minimum absolute atomic E-state index is 0. The van der Waals surface area contributed by atoms with Crippen LogP contribution in [0.1, 0.15) is 13.8 Å². The summed E-state index contributed by atoms with van der Waals surface area (Å²) >= 11 is 0. The Kier molecular flexibility index (Phi) is 152. The van der Waals surface area contributed by atoms with Gasteiger partial charge in [-0.25, -0.2) is 13.2 Å². The second kappa shape index (κ2) is 93.4. The molecule has 0 atom stereocenters. The average Bonchev–Trinajstić information content (AvgIpc) is 3.37. The van der Waals surface area contributed by atoms with Gasteiger partial charge in [-0.1, -0.05) is 123 Å². The molecule has 0 amide bonds. The van der Waals surface area contributed by atoms with E-state index in [4.69, 9.17) is 22.5 Å². The third-order valence-corrected chi connectivity index (χ3v) is 16.8. The second-order valence-electron chi connectivity index (χ2n) is 19.3. The van der Waals surface area contributed by atoms with Crippen molar-refractivity contribution in [3.63, 3.8) is 0 Å². The molecule has 0 spiro atoms. The third kappa shape index (κ3) is 68.3. The van der Waals surface area contributed by atoms with Crippen LogP contribution in [0.5, 0.6) is 0 Å². The van der Waals surface area contributed by atoms with Crippen molar-refractivity contribution < 1.29 is 175 Å². The summed E-state index contributed by atoms with van der Waals surface area (Å²) in [6, 6.07) is 60.8. The van der Waals surface area contributed by atoms with Crippen molar-refractivity contribution in [1.82, 2.24) is 0 Å². The minimum Gasteiger partial charge on any atom is -1.00 e. The number of carbonyl (C=O) groups is 2. The zero-order chi connectivity index (χ0) is 59.5. The first-order valence-electron chi connectivity index (χ1n) is 24.2. The Balaban J connectivity index is -0.0000000371. The summed E-state index contributed by atoms with van der Waals surface area (Å²) in [6.45, 7) is 65.3. The van der Waals surface area contributed by atoms with Crippen molar-refractivity contribution >= 4 is 105 Å². The SMILES string of the molecule is CP(C)C.CP(C)C.CP(C)C.CP(C)C.CP(C)C.CP(C)C.O.O.O.O.O.O.O.O.O.O.[C-]#[O+].[C-]#[O+].[CH-]=C(C(C)=O)[P+](c1ccccc1)(c1ccccc1)c1ccccc1.[CH-]=C(C(C)=O)[P+](c1ccccc1)(c1ccccc1)c1ccccc1.[Cl-].[Cl-].[Cl-].[Cl-].[Cl-].[Os+2].[Os]. The summed E-state index contributed by atoms with van der Waals surface area (Å²) in [5, 5.41) is 7.43. The molecule has 0 aliphatic carbocycles. The van der Waals surface area contributed by atoms with E-state index in [-0.39, 0.29) is 168 Å². The number of rotatable bonds is 10. The van der Waals surface area contributed by atoms with Crippen LogP contribution in [0.3, 0.4) is 0 Å². The number of halogens is 5. The molecular weight excluding hydrogens is 1800 g/mol. The molecule has 0 unspecified atom stereocenters. The average molecular weight is 1910 g/mol. The van der Waals surface area contributed by atoms with Crippen LogP contribution in [0.4, 0.5) is 0 Å². The van der Waals surface area contributed by atoms with Gasteiger partial charge in [-0.05, 0) is 203 Å². The van der Waals surface area contributed by atoms with Crippen molar-refractivity contribution in [3.05, 3.63) is 219 Å². The summed E-state index contributed by atoms with van der Waals surface area (Å²) in [6.07, 6.45) is 0. The Morgan fingerprint density at radius 1 is 0.280 bits per heavy atom.